The first kappa shape index (κ1) is 8.63. The van der Waals surface area contributed by atoms with E-state index < -0.39 is 0 Å². The number of ketones is 1. The second-order valence-corrected chi connectivity index (χ2v) is 4.49. The van der Waals surface area contributed by atoms with Crippen LogP contribution in [0.1, 0.15) is 40.0 Å². The van der Waals surface area contributed by atoms with Gasteiger partial charge in [-0.1, -0.05) is 20.8 Å². The summed E-state index contributed by atoms with van der Waals surface area (Å²) >= 11 is 0. The van der Waals surface area contributed by atoms with E-state index in [2.05, 4.69) is 27.2 Å². The van der Waals surface area contributed by atoms with Gasteiger partial charge in [0, 0.05) is 11.8 Å². The lowest BCUT2D eigenvalue weighted by Gasteiger charge is -2.26. The second-order valence-electron chi connectivity index (χ2n) is 4.49. The number of rotatable bonds is 0. The van der Waals surface area contributed by atoms with Gasteiger partial charge in [0.2, 0.25) is 0 Å². The van der Waals surface area contributed by atoms with Gasteiger partial charge in [0.25, 0.3) is 0 Å². The van der Waals surface area contributed by atoms with Crippen LogP contribution in [0.25, 0.3) is 0 Å². The quantitative estimate of drug-likeness (QED) is 0.489. The molecule has 1 atom stereocenters. The van der Waals surface area contributed by atoms with E-state index in [1.165, 1.54) is 0 Å². The maximum Gasteiger partial charge on any atom is 0.177 e. The van der Waals surface area contributed by atoms with Crippen LogP contribution in [-0.4, -0.2) is 5.78 Å². The van der Waals surface area contributed by atoms with Crippen molar-refractivity contribution in [2.24, 2.45) is 11.3 Å². The molecule has 0 aromatic carbocycles. The van der Waals surface area contributed by atoms with E-state index in [4.69, 9.17) is 0 Å². The fraction of sp³-hybridized carbons (Fsp3) is 0.800. The summed E-state index contributed by atoms with van der Waals surface area (Å²) in [6, 6.07) is 0. The molecule has 0 heterocycles. The molecule has 11 heavy (non-hydrogen) atoms. The lowest BCUT2D eigenvalue weighted by atomic mass is 9.72. The zero-order valence-corrected chi connectivity index (χ0v) is 7.68. The Morgan fingerprint density at radius 3 is 2.45 bits per heavy atom. The van der Waals surface area contributed by atoms with Gasteiger partial charge in [-0.25, -0.2) is 0 Å². The predicted molar refractivity (Wildman–Crippen MR) is 46.1 cm³/mol. The molecule has 1 rings (SSSR count). The molecule has 0 spiro atoms. The van der Waals surface area contributed by atoms with Crippen molar-refractivity contribution < 1.29 is 4.79 Å². The highest BCUT2D eigenvalue weighted by atomic mass is 16.1. The van der Waals surface area contributed by atoms with E-state index >= 15 is 0 Å². The molecule has 0 radical (unpaired) electrons. The third-order valence-corrected chi connectivity index (χ3v) is 2.48. The Kier molecular flexibility index (Phi) is 2.26. The largest absolute Gasteiger partial charge is 0.295 e. The minimum absolute atomic E-state index is 0.348. The Morgan fingerprint density at radius 1 is 1.45 bits per heavy atom. The maximum absolute atomic E-state index is 10.9. The number of hydrogen-bond donors (Lipinski definition) is 0. The van der Waals surface area contributed by atoms with Crippen molar-refractivity contribution in [2.45, 2.75) is 40.0 Å². The SMILES string of the molecule is CC(C)(C)C1[CH+]CC(=O)CC1. The Morgan fingerprint density at radius 2 is 2.09 bits per heavy atom. The first-order chi connectivity index (χ1) is 5.00. The lowest BCUT2D eigenvalue weighted by molar-refractivity contribution is -0.120. The van der Waals surface area contributed by atoms with Crippen molar-refractivity contribution in [3.8, 4) is 0 Å². The number of hydrogen-bond acceptors (Lipinski definition) is 1. The van der Waals surface area contributed by atoms with Gasteiger partial charge < -0.3 is 0 Å². The predicted octanol–water partition coefficient (Wildman–Crippen LogP) is 2.61. The molecule has 62 valence electrons. The molecule has 1 saturated carbocycles. The van der Waals surface area contributed by atoms with Gasteiger partial charge in [-0.15, -0.1) is 0 Å². The zero-order valence-electron chi connectivity index (χ0n) is 7.68. The van der Waals surface area contributed by atoms with Crippen LogP contribution in [0.4, 0.5) is 0 Å². The maximum atomic E-state index is 10.9. The third kappa shape index (κ3) is 2.25. The fourth-order valence-corrected chi connectivity index (χ4v) is 1.60. The minimum atomic E-state index is 0.348. The van der Waals surface area contributed by atoms with Crippen LogP contribution in [0.5, 0.6) is 0 Å². The van der Waals surface area contributed by atoms with E-state index in [9.17, 15) is 4.79 Å². The molecule has 0 aliphatic heterocycles. The van der Waals surface area contributed by atoms with Gasteiger partial charge in [0.1, 0.15) is 12.3 Å². The molecule has 0 aromatic rings. The summed E-state index contributed by atoms with van der Waals surface area (Å²) in [6.45, 7) is 6.72. The van der Waals surface area contributed by atoms with Crippen molar-refractivity contribution in [2.75, 3.05) is 0 Å². The van der Waals surface area contributed by atoms with Crippen LogP contribution < -0.4 is 0 Å². The van der Waals surface area contributed by atoms with Crippen molar-refractivity contribution in [1.82, 2.24) is 0 Å². The number of Topliss-reactive ketones (excluding diaryl/α,β-unsaturated/α-hetero) is 1. The van der Waals surface area contributed by atoms with Gasteiger partial charge in [0.05, 0.1) is 6.42 Å². The molecular formula is C10H17O+. The third-order valence-electron chi connectivity index (χ3n) is 2.48. The Bertz CT molecular complexity index is 143. The summed E-state index contributed by atoms with van der Waals surface area (Å²) in [7, 11) is 0. The highest BCUT2D eigenvalue weighted by molar-refractivity contribution is 5.80. The van der Waals surface area contributed by atoms with E-state index in [1.807, 2.05) is 0 Å². The minimum Gasteiger partial charge on any atom is -0.295 e. The standard InChI is InChI=1S/C10H17O/c1-10(2,3)8-4-6-9(11)7-5-8/h4,8H,5-7H2,1-3H3/q+1. The summed E-state index contributed by atoms with van der Waals surface area (Å²) in [5, 5.41) is 0. The van der Waals surface area contributed by atoms with E-state index in [0.29, 0.717) is 23.5 Å². The molecule has 1 heteroatoms. The first-order valence-corrected chi connectivity index (χ1v) is 4.35. The van der Waals surface area contributed by atoms with Gasteiger partial charge >= 0.3 is 0 Å². The van der Waals surface area contributed by atoms with Crippen LogP contribution >= 0.6 is 0 Å². The average Bonchev–Trinajstić information content (AvgIpc) is 1.86. The zero-order chi connectivity index (χ0) is 8.48. The molecular weight excluding hydrogens is 136 g/mol. The highest BCUT2D eigenvalue weighted by Gasteiger charge is 2.35. The summed E-state index contributed by atoms with van der Waals surface area (Å²) in [6.07, 6.45) is 4.73. The number of carbonyl (C=O) groups is 1. The lowest BCUT2D eigenvalue weighted by Crippen LogP contribution is -2.26. The fourth-order valence-electron chi connectivity index (χ4n) is 1.60. The molecule has 0 N–H and O–H groups in total. The first-order valence-electron chi connectivity index (χ1n) is 4.35. The molecule has 0 bridgehead atoms. The summed E-state index contributed by atoms with van der Waals surface area (Å²) in [5.74, 6) is 1.05. The normalized spacial score (nSPS) is 26.5. The monoisotopic (exact) mass is 153 g/mol. The Balaban J connectivity index is 2.45. The van der Waals surface area contributed by atoms with Gasteiger partial charge in [-0.3, -0.25) is 4.79 Å². The summed E-state index contributed by atoms with van der Waals surface area (Å²) in [4.78, 5) is 10.9. The Labute approximate surface area is 69.2 Å². The van der Waals surface area contributed by atoms with Crippen LogP contribution in [0, 0.1) is 17.8 Å². The molecule has 0 aromatic heterocycles. The highest BCUT2D eigenvalue weighted by Crippen LogP contribution is 2.35. The van der Waals surface area contributed by atoms with Crippen molar-refractivity contribution in [3.05, 3.63) is 6.42 Å². The Hall–Kier alpha value is -0.460. The molecule has 1 nitrogen and oxygen atoms in total. The number of carbonyl (C=O) groups excluding carboxylic acids is 1. The molecule has 1 aliphatic carbocycles. The average molecular weight is 153 g/mol. The molecule has 1 fully saturated rings. The molecule has 1 aliphatic rings. The van der Waals surface area contributed by atoms with Crippen LogP contribution in [0.15, 0.2) is 0 Å². The van der Waals surface area contributed by atoms with Gasteiger partial charge in [0.15, 0.2) is 5.78 Å². The summed E-state index contributed by atoms with van der Waals surface area (Å²) < 4.78 is 0. The van der Waals surface area contributed by atoms with E-state index in [0.717, 1.165) is 12.8 Å². The second kappa shape index (κ2) is 2.88. The van der Waals surface area contributed by atoms with E-state index in [-0.39, 0.29) is 0 Å². The molecule has 0 amide bonds. The van der Waals surface area contributed by atoms with Crippen LogP contribution in [0.3, 0.4) is 0 Å². The van der Waals surface area contributed by atoms with E-state index in [1.54, 1.807) is 0 Å². The van der Waals surface area contributed by atoms with Crippen molar-refractivity contribution >= 4 is 5.78 Å². The topological polar surface area (TPSA) is 17.1 Å². The van der Waals surface area contributed by atoms with Crippen LogP contribution in [-0.2, 0) is 4.79 Å². The van der Waals surface area contributed by atoms with Crippen molar-refractivity contribution in [3.63, 3.8) is 0 Å². The summed E-state index contributed by atoms with van der Waals surface area (Å²) in [5.41, 5.74) is 0.348. The molecule has 1 unspecified atom stereocenters. The van der Waals surface area contributed by atoms with Gasteiger partial charge in [-0.05, 0) is 6.42 Å². The van der Waals surface area contributed by atoms with Crippen molar-refractivity contribution in [1.29, 1.82) is 0 Å². The smallest absolute Gasteiger partial charge is 0.177 e. The molecule has 0 saturated heterocycles. The van der Waals surface area contributed by atoms with Gasteiger partial charge in [-0.2, -0.15) is 0 Å². The van der Waals surface area contributed by atoms with Crippen LogP contribution in [0.2, 0.25) is 0 Å².